The zero-order chi connectivity index (χ0) is 26.7. The molecule has 0 fully saturated rings. The van der Waals surface area contributed by atoms with E-state index >= 15 is 0 Å². The van der Waals surface area contributed by atoms with E-state index in [1.807, 2.05) is 24.3 Å². The Morgan fingerprint density at radius 2 is 0.816 bits per heavy atom. The highest BCUT2D eigenvalue weighted by Crippen LogP contribution is 2.26. The summed E-state index contributed by atoms with van der Waals surface area (Å²) in [7, 11) is 0. The van der Waals surface area contributed by atoms with Crippen molar-refractivity contribution in [3.63, 3.8) is 0 Å². The number of carbonyl (C=O) groups excluding carboxylic acids is 2. The minimum absolute atomic E-state index is 0.156. The smallest absolute Gasteiger partial charge is 0.343 e. The van der Waals surface area contributed by atoms with Crippen molar-refractivity contribution in [1.82, 2.24) is 0 Å². The molecule has 0 heterocycles. The van der Waals surface area contributed by atoms with E-state index in [1.165, 1.54) is 0 Å². The molecular weight excluding hydrogens is 480 g/mol. The van der Waals surface area contributed by atoms with E-state index in [0.29, 0.717) is 34.1 Å². The van der Waals surface area contributed by atoms with Gasteiger partial charge in [-0.05, 0) is 83.9 Å². The Labute approximate surface area is 220 Å². The standard InChI is InChI=1S/C32H22O6/c1-3-21-35-27-13-9-25(10-14-27)31(33)37-29-17-5-23(6-18-29)24-7-19-30(20-8-24)38-32(34)26-11-15-28(16-12-26)36-22-4-2/h1-2,5-20H,21-22H2. The average Bonchev–Trinajstić information content (AvgIpc) is 2.96. The molecule has 0 bridgehead atoms. The summed E-state index contributed by atoms with van der Waals surface area (Å²) in [5.74, 6) is 5.77. The lowest BCUT2D eigenvalue weighted by Gasteiger charge is -2.08. The van der Waals surface area contributed by atoms with Gasteiger partial charge in [-0.25, -0.2) is 9.59 Å². The lowest BCUT2D eigenvalue weighted by Crippen LogP contribution is -2.08. The Morgan fingerprint density at radius 3 is 1.13 bits per heavy atom. The van der Waals surface area contributed by atoms with Gasteiger partial charge in [-0.1, -0.05) is 36.1 Å². The van der Waals surface area contributed by atoms with Gasteiger partial charge in [0, 0.05) is 0 Å². The van der Waals surface area contributed by atoms with Gasteiger partial charge in [0.05, 0.1) is 11.1 Å². The van der Waals surface area contributed by atoms with Gasteiger partial charge in [-0.3, -0.25) is 0 Å². The number of terminal acetylenes is 2. The molecule has 4 aromatic rings. The summed E-state index contributed by atoms with van der Waals surface area (Å²) in [6.07, 6.45) is 10.3. The average molecular weight is 503 g/mol. The minimum Gasteiger partial charge on any atom is -0.481 e. The van der Waals surface area contributed by atoms with Crippen molar-refractivity contribution >= 4 is 11.9 Å². The Bertz CT molecular complexity index is 1350. The Kier molecular flexibility index (Phi) is 8.42. The number of benzene rings is 4. The van der Waals surface area contributed by atoms with Crippen molar-refractivity contribution in [2.75, 3.05) is 13.2 Å². The molecule has 0 atom stereocenters. The normalized spacial score (nSPS) is 9.95. The molecule has 0 unspecified atom stereocenters. The van der Waals surface area contributed by atoms with Crippen molar-refractivity contribution in [3.8, 4) is 58.8 Å². The summed E-state index contributed by atoms with van der Waals surface area (Å²) in [6, 6.07) is 27.3. The number of esters is 2. The van der Waals surface area contributed by atoms with Crippen LogP contribution in [0.25, 0.3) is 11.1 Å². The predicted molar refractivity (Wildman–Crippen MR) is 143 cm³/mol. The highest BCUT2D eigenvalue weighted by molar-refractivity contribution is 5.92. The predicted octanol–water partition coefficient (Wildman–Crippen LogP) is 5.82. The van der Waals surface area contributed by atoms with Gasteiger partial charge < -0.3 is 18.9 Å². The highest BCUT2D eigenvalue weighted by atomic mass is 16.5. The third-order valence-corrected chi connectivity index (χ3v) is 5.29. The topological polar surface area (TPSA) is 71.1 Å². The molecule has 0 amide bonds. The fourth-order valence-corrected chi connectivity index (χ4v) is 3.39. The molecule has 0 saturated heterocycles. The molecule has 0 aliphatic heterocycles. The number of carbonyl (C=O) groups is 2. The van der Waals surface area contributed by atoms with Crippen LogP contribution >= 0.6 is 0 Å². The molecule has 186 valence electrons. The SMILES string of the molecule is C#CCOc1ccc(C(=O)Oc2ccc(-c3ccc(OC(=O)c4ccc(OCC#C)cc4)cc3)cc2)cc1. The first-order chi connectivity index (χ1) is 18.6. The monoisotopic (exact) mass is 502 g/mol. The van der Waals surface area contributed by atoms with E-state index in [2.05, 4.69) is 11.8 Å². The van der Waals surface area contributed by atoms with Crippen molar-refractivity contribution in [3.05, 3.63) is 108 Å². The summed E-state index contributed by atoms with van der Waals surface area (Å²) in [6.45, 7) is 0.312. The lowest BCUT2D eigenvalue weighted by atomic mass is 10.1. The minimum atomic E-state index is -0.484. The first-order valence-corrected chi connectivity index (χ1v) is 11.5. The van der Waals surface area contributed by atoms with Gasteiger partial charge in [0.15, 0.2) is 0 Å². The second kappa shape index (κ2) is 12.5. The first-order valence-electron chi connectivity index (χ1n) is 11.5. The zero-order valence-corrected chi connectivity index (χ0v) is 20.3. The molecule has 0 radical (unpaired) electrons. The number of hydrogen-bond donors (Lipinski definition) is 0. The lowest BCUT2D eigenvalue weighted by molar-refractivity contribution is 0.0725. The number of rotatable bonds is 9. The molecule has 6 heteroatoms. The number of hydrogen-bond acceptors (Lipinski definition) is 6. The van der Waals surface area contributed by atoms with Crippen LogP contribution in [0.5, 0.6) is 23.0 Å². The maximum Gasteiger partial charge on any atom is 0.343 e. The van der Waals surface area contributed by atoms with Crippen molar-refractivity contribution in [2.45, 2.75) is 0 Å². The van der Waals surface area contributed by atoms with Gasteiger partial charge in [0.2, 0.25) is 0 Å². The number of ether oxygens (including phenoxy) is 4. The van der Waals surface area contributed by atoms with Crippen LogP contribution in [0.2, 0.25) is 0 Å². The molecule has 6 nitrogen and oxygen atoms in total. The van der Waals surface area contributed by atoms with E-state index in [1.54, 1.807) is 72.8 Å². The van der Waals surface area contributed by atoms with E-state index in [4.69, 9.17) is 31.8 Å². The molecule has 4 rings (SSSR count). The van der Waals surface area contributed by atoms with Crippen LogP contribution < -0.4 is 18.9 Å². The molecule has 0 spiro atoms. The van der Waals surface area contributed by atoms with Crippen molar-refractivity contribution in [2.24, 2.45) is 0 Å². The molecule has 4 aromatic carbocycles. The Hall–Kier alpha value is -5.46. The third-order valence-electron chi connectivity index (χ3n) is 5.29. The van der Waals surface area contributed by atoms with Crippen LogP contribution in [0.15, 0.2) is 97.1 Å². The van der Waals surface area contributed by atoms with E-state index in [9.17, 15) is 9.59 Å². The summed E-state index contributed by atoms with van der Waals surface area (Å²) in [5.41, 5.74) is 2.58. The molecule has 0 aromatic heterocycles. The van der Waals surface area contributed by atoms with Gasteiger partial charge in [0.1, 0.15) is 36.2 Å². The van der Waals surface area contributed by atoms with Crippen LogP contribution in [0.3, 0.4) is 0 Å². The molecule has 0 aliphatic carbocycles. The largest absolute Gasteiger partial charge is 0.481 e. The third kappa shape index (κ3) is 6.81. The van der Waals surface area contributed by atoms with Crippen LogP contribution in [-0.2, 0) is 0 Å². The molecule has 0 aliphatic rings. The van der Waals surface area contributed by atoms with Gasteiger partial charge in [-0.15, -0.1) is 12.8 Å². The fourth-order valence-electron chi connectivity index (χ4n) is 3.39. The second-order valence-corrected chi connectivity index (χ2v) is 7.86. The van der Waals surface area contributed by atoms with E-state index in [-0.39, 0.29) is 13.2 Å². The summed E-state index contributed by atoms with van der Waals surface area (Å²) < 4.78 is 21.5. The van der Waals surface area contributed by atoms with Crippen LogP contribution in [-0.4, -0.2) is 25.2 Å². The molecule has 38 heavy (non-hydrogen) atoms. The summed E-state index contributed by atoms with van der Waals surface area (Å²) in [4.78, 5) is 24.9. The van der Waals surface area contributed by atoms with Crippen LogP contribution in [0.1, 0.15) is 20.7 Å². The fraction of sp³-hybridized carbons (Fsp3) is 0.0625. The maximum atomic E-state index is 12.4. The summed E-state index contributed by atoms with van der Waals surface area (Å²) in [5, 5.41) is 0. The van der Waals surface area contributed by atoms with Crippen molar-refractivity contribution < 1.29 is 28.5 Å². The van der Waals surface area contributed by atoms with Gasteiger partial charge in [0.25, 0.3) is 0 Å². The Morgan fingerprint density at radius 1 is 0.500 bits per heavy atom. The van der Waals surface area contributed by atoms with Gasteiger partial charge >= 0.3 is 11.9 Å². The van der Waals surface area contributed by atoms with Crippen molar-refractivity contribution in [1.29, 1.82) is 0 Å². The molecular formula is C32H22O6. The molecule has 0 saturated carbocycles. The maximum absolute atomic E-state index is 12.4. The van der Waals surface area contributed by atoms with E-state index in [0.717, 1.165) is 11.1 Å². The van der Waals surface area contributed by atoms with Crippen LogP contribution in [0, 0.1) is 24.7 Å². The van der Waals surface area contributed by atoms with Crippen LogP contribution in [0.4, 0.5) is 0 Å². The summed E-state index contributed by atoms with van der Waals surface area (Å²) >= 11 is 0. The van der Waals surface area contributed by atoms with E-state index < -0.39 is 11.9 Å². The second-order valence-electron chi connectivity index (χ2n) is 7.86. The molecule has 0 N–H and O–H groups in total. The quantitative estimate of drug-likeness (QED) is 0.163. The Balaban J connectivity index is 1.33. The highest BCUT2D eigenvalue weighted by Gasteiger charge is 2.11. The first kappa shape index (κ1) is 25.6. The zero-order valence-electron chi connectivity index (χ0n) is 20.3. The van der Waals surface area contributed by atoms with Gasteiger partial charge in [-0.2, -0.15) is 0 Å².